The van der Waals surface area contributed by atoms with Crippen LogP contribution in [-0.4, -0.2) is 19.7 Å². The molecule has 0 saturated carbocycles. The van der Waals surface area contributed by atoms with Crippen molar-refractivity contribution < 1.29 is 14.3 Å². The Balaban J connectivity index is 2.65. The van der Waals surface area contributed by atoms with E-state index in [1.807, 2.05) is 0 Å². The van der Waals surface area contributed by atoms with Crippen molar-refractivity contribution in [3.05, 3.63) is 23.8 Å². The van der Waals surface area contributed by atoms with Gasteiger partial charge in [0.05, 0.1) is 19.4 Å². The molecule has 0 saturated heterocycles. The van der Waals surface area contributed by atoms with Gasteiger partial charge in [0.15, 0.2) is 5.75 Å². The van der Waals surface area contributed by atoms with Gasteiger partial charge in [-0.3, -0.25) is 0 Å². The summed E-state index contributed by atoms with van der Waals surface area (Å²) in [6.45, 7) is 4.73. The van der Waals surface area contributed by atoms with Crippen LogP contribution in [0.2, 0.25) is 0 Å². The lowest BCUT2D eigenvalue weighted by atomic mass is 10.0. The molecule has 112 valence electrons. The first-order valence-electron chi connectivity index (χ1n) is 7.23. The molecule has 4 heteroatoms. The zero-order chi connectivity index (χ0) is 15.0. The standard InChI is InChI=1S/C16H25NO3/c1-4-6-8-12(5-2)11-20-16(18)13-9-7-10-14(17)15(13)19-3/h7,9-10,12H,4-6,8,11,17H2,1-3H3. The summed E-state index contributed by atoms with van der Waals surface area (Å²) in [5.41, 5.74) is 6.62. The van der Waals surface area contributed by atoms with Crippen molar-refractivity contribution >= 4 is 11.7 Å². The molecule has 4 nitrogen and oxygen atoms in total. The Hall–Kier alpha value is -1.71. The molecule has 0 heterocycles. The molecule has 1 unspecified atom stereocenters. The van der Waals surface area contributed by atoms with Crippen LogP contribution in [0, 0.1) is 5.92 Å². The van der Waals surface area contributed by atoms with Crippen molar-refractivity contribution in [2.75, 3.05) is 19.5 Å². The predicted octanol–water partition coefficient (Wildman–Crippen LogP) is 3.65. The van der Waals surface area contributed by atoms with Gasteiger partial charge in [-0.2, -0.15) is 0 Å². The molecular weight excluding hydrogens is 254 g/mol. The summed E-state index contributed by atoms with van der Waals surface area (Å²) in [4.78, 5) is 12.1. The van der Waals surface area contributed by atoms with Crippen LogP contribution in [0.1, 0.15) is 49.9 Å². The van der Waals surface area contributed by atoms with Gasteiger partial charge in [-0.05, 0) is 24.5 Å². The third-order valence-electron chi connectivity index (χ3n) is 3.46. The fourth-order valence-electron chi connectivity index (χ4n) is 2.11. The van der Waals surface area contributed by atoms with Crippen molar-refractivity contribution in [1.82, 2.24) is 0 Å². The zero-order valence-electron chi connectivity index (χ0n) is 12.6. The molecule has 0 spiro atoms. The number of esters is 1. The number of para-hydroxylation sites is 1. The summed E-state index contributed by atoms with van der Waals surface area (Å²) in [6, 6.07) is 5.10. The number of nitrogens with two attached hydrogens (primary N) is 1. The molecule has 1 rings (SSSR count). The van der Waals surface area contributed by atoms with Gasteiger partial charge in [-0.1, -0.05) is 39.2 Å². The van der Waals surface area contributed by atoms with Gasteiger partial charge in [0.1, 0.15) is 5.56 Å². The SMILES string of the molecule is CCCCC(CC)COC(=O)c1cccc(N)c1OC. The largest absolute Gasteiger partial charge is 0.494 e. The number of nitrogen functional groups attached to an aromatic ring is 1. The Morgan fingerprint density at radius 2 is 2.10 bits per heavy atom. The summed E-state index contributed by atoms with van der Waals surface area (Å²) in [6.07, 6.45) is 4.43. The minimum Gasteiger partial charge on any atom is -0.494 e. The first kappa shape index (κ1) is 16.3. The molecule has 1 atom stereocenters. The van der Waals surface area contributed by atoms with Crippen LogP contribution in [0.15, 0.2) is 18.2 Å². The number of benzene rings is 1. The van der Waals surface area contributed by atoms with Crippen LogP contribution in [0.3, 0.4) is 0 Å². The number of hydrogen-bond donors (Lipinski definition) is 1. The Kier molecular flexibility index (Phi) is 6.91. The molecule has 0 fully saturated rings. The number of rotatable bonds is 8. The fraction of sp³-hybridized carbons (Fsp3) is 0.562. The molecule has 1 aromatic carbocycles. The topological polar surface area (TPSA) is 61.5 Å². The van der Waals surface area contributed by atoms with Crippen molar-refractivity contribution in [3.63, 3.8) is 0 Å². The molecule has 0 bridgehead atoms. The van der Waals surface area contributed by atoms with E-state index in [2.05, 4.69) is 13.8 Å². The minimum absolute atomic E-state index is 0.371. The molecule has 0 aliphatic rings. The van der Waals surface area contributed by atoms with Crippen LogP contribution in [-0.2, 0) is 4.74 Å². The normalized spacial score (nSPS) is 11.9. The lowest BCUT2D eigenvalue weighted by Crippen LogP contribution is -2.15. The Bertz CT molecular complexity index is 432. The summed E-state index contributed by atoms with van der Waals surface area (Å²) in [7, 11) is 1.50. The van der Waals surface area contributed by atoms with Gasteiger partial charge in [-0.15, -0.1) is 0 Å². The van der Waals surface area contributed by atoms with E-state index in [9.17, 15) is 4.79 Å². The molecule has 0 amide bonds. The van der Waals surface area contributed by atoms with Crippen LogP contribution < -0.4 is 10.5 Å². The number of hydrogen-bond acceptors (Lipinski definition) is 4. The maximum atomic E-state index is 12.1. The van der Waals surface area contributed by atoms with Crippen LogP contribution in [0.25, 0.3) is 0 Å². The highest BCUT2D eigenvalue weighted by Gasteiger charge is 2.17. The maximum absolute atomic E-state index is 12.1. The third kappa shape index (κ3) is 4.44. The molecule has 2 N–H and O–H groups in total. The second kappa shape index (κ2) is 8.46. The minimum atomic E-state index is -0.371. The highest BCUT2D eigenvalue weighted by Crippen LogP contribution is 2.26. The predicted molar refractivity (Wildman–Crippen MR) is 81.0 cm³/mol. The van der Waals surface area contributed by atoms with Gasteiger partial charge in [0.25, 0.3) is 0 Å². The highest BCUT2D eigenvalue weighted by molar-refractivity contribution is 5.94. The number of unbranched alkanes of at least 4 members (excludes halogenated alkanes) is 1. The number of carbonyl (C=O) groups excluding carboxylic acids is 1. The molecule has 0 aromatic heterocycles. The Labute approximate surface area is 121 Å². The van der Waals surface area contributed by atoms with Gasteiger partial charge < -0.3 is 15.2 Å². The summed E-state index contributed by atoms with van der Waals surface area (Å²) in [5, 5.41) is 0. The second-order valence-corrected chi connectivity index (χ2v) is 4.94. The first-order valence-corrected chi connectivity index (χ1v) is 7.23. The average Bonchev–Trinajstić information content (AvgIpc) is 2.46. The average molecular weight is 279 g/mol. The van der Waals surface area contributed by atoms with Crippen molar-refractivity contribution in [2.24, 2.45) is 5.92 Å². The van der Waals surface area contributed by atoms with E-state index in [1.165, 1.54) is 7.11 Å². The smallest absolute Gasteiger partial charge is 0.342 e. The van der Waals surface area contributed by atoms with Crippen molar-refractivity contribution in [1.29, 1.82) is 0 Å². The monoisotopic (exact) mass is 279 g/mol. The number of ether oxygens (including phenoxy) is 2. The van der Waals surface area contributed by atoms with Gasteiger partial charge in [0, 0.05) is 0 Å². The fourth-order valence-corrected chi connectivity index (χ4v) is 2.11. The van der Waals surface area contributed by atoms with Crippen LogP contribution >= 0.6 is 0 Å². The van der Waals surface area contributed by atoms with Gasteiger partial charge in [-0.25, -0.2) is 4.79 Å². The lowest BCUT2D eigenvalue weighted by molar-refractivity contribution is 0.0425. The zero-order valence-corrected chi connectivity index (χ0v) is 12.6. The second-order valence-electron chi connectivity index (χ2n) is 4.94. The maximum Gasteiger partial charge on any atom is 0.342 e. The van der Waals surface area contributed by atoms with E-state index >= 15 is 0 Å². The molecule has 1 aromatic rings. The Morgan fingerprint density at radius 1 is 1.35 bits per heavy atom. The lowest BCUT2D eigenvalue weighted by Gasteiger charge is -2.15. The molecule has 20 heavy (non-hydrogen) atoms. The number of anilines is 1. The van der Waals surface area contributed by atoms with E-state index < -0.39 is 0 Å². The Morgan fingerprint density at radius 3 is 2.70 bits per heavy atom. The molecule has 0 aliphatic heterocycles. The third-order valence-corrected chi connectivity index (χ3v) is 3.46. The van der Waals surface area contributed by atoms with E-state index in [-0.39, 0.29) is 5.97 Å². The molecular formula is C16H25NO3. The quantitative estimate of drug-likeness (QED) is 0.583. The van der Waals surface area contributed by atoms with Gasteiger partial charge in [0.2, 0.25) is 0 Å². The number of methoxy groups -OCH3 is 1. The van der Waals surface area contributed by atoms with Crippen LogP contribution in [0.4, 0.5) is 5.69 Å². The van der Waals surface area contributed by atoms with E-state index in [0.717, 1.165) is 25.7 Å². The first-order chi connectivity index (χ1) is 9.63. The molecule has 0 radical (unpaired) electrons. The van der Waals surface area contributed by atoms with E-state index in [0.29, 0.717) is 29.5 Å². The highest BCUT2D eigenvalue weighted by atomic mass is 16.5. The van der Waals surface area contributed by atoms with Crippen molar-refractivity contribution in [2.45, 2.75) is 39.5 Å². The number of carbonyl (C=O) groups is 1. The van der Waals surface area contributed by atoms with Crippen molar-refractivity contribution in [3.8, 4) is 5.75 Å². The van der Waals surface area contributed by atoms with Crippen LogP contribution in [0.5, 0.6) is 5.75 Å². The molecule has 0 aliphatic carbocycles. The summed E-state index contributed by atoms with van der Waals surface area (Å²) in [5.74, 6) is 0.439. The van der Waals surface area contributed by atoms with E-state index in [1.54, 1.807) is 18.2 Å². The summed E-state index contributed by atoms with van der Waals surface area (Å²) >= 11 is 0. The van der Waals surface area contributed by atoms with E-state index in [4.69, 9.17) is 15.2 Å². The van der Waals surface area contributed by atoms with Gasteiger partial charge >= 0.3 is 5.97 Å². The summed E-state index contributed by atoms with van der Waals surface area (Å²) < 4.78 is 10.6.